The van der Waals surface area contributed by atoms with E-state index in [0.717, 1.165) is 28.3 Å². The molecule has 0 radical (unpaired) electrons. The van der Waals surface area contributed by atoms with E-state index in [0.29, 0.717) is 0 Å². The summed E-state index contributed by atoms with van der Waals surface area (Å²) in [6.07, 6.45) is 10.4. The third-order valence-corrected chi connectivity index (χ3v) is 3.05. The molecule has 5 nitrogen and oxygen atoms in total. The summed E-state index contributed by atoms with van der Waals surface area (Å²) in [5.74, 6) is 0.831. The van der Waals surface area contributed by atoms with E-state index in [1.54, 1.807) is 19.7 Å². The number of hydrogen-bond acceptors (Lipinski definition) is 4. The first-order valence-electron chi connectivity index (χ1n) is 6.50. The Hall–Kier alpha value is -2.82. The van der Waals surface area contributed by atoms with Gasteiger partial charge in [0.2, 0.25) is 0 Å². The first kappa shape index (κ1) is 13.2. The Morgan fingerprint density at radius 1 is 1.24 bits per heavy atom. The van der Waals surface area contributed by atoms with Gasteiger partial charge in [0, 0.05) is 18.0 Å². The van der Waals surface area contributed by atoms with E-state index in [9.17, 15) is 0 Å². The summed E-state index contributed by atoms with van der Waals surface area (Å²) in [4.78, 5) is 8.44. The number of oxazole rings is 1. The van der Waals surface area contributed by atoms with E-state index in [1.165, 1.54) is 6.39 Å². The second-order valence-corrected chi connectivity index (χ2v) is 4.67. The van der Waals surface area contributed by atoms with Crippen LogP contribution in [-0.4, -0.2) is 21.6 Å². The minimum atomic E-state index is 0.766. The van der Waals surface area contributed by atoms with Crippen LogP contribution in [0.1, 0.15) is 11.3 Å². The van der Waals surface area contributed by atoms with Gasteiger partial charge in [0.1, 0.15) is 17.7 Å². The number of methoxy groups -OCH3 is 1. The highest BCUT2D eigenvalue weighted by Crippen LogP contribution is 2.24. The maximum atomic E-state index is 5.29. The highest BCUT2D eigenvalue weighted by molar-refractivity contribution is 5.64. The lowest BCUT2D eigenvalue weighted by atomic mass is 10.1. The van der Waals surface area contributed by atoms with Crippen molar-refractivity contribution in [1.29, 1.82) is 0 Å². The number of hydrogen-bond donors (Lipinski definition) is 0. The number of ether oxygens (including phenoxy) is 1. The maximum absolute atomic E-state index is 5.29. The fourth-order valence-electron chi connectivity index (χ4n) is 2.05. The summed E-state index contributed by atoms with van der Waals surface area (Å²) >= 11 is 0. The number of aryl methyl sites for hydroxylation is 1. The van der Waals surface area contributed by atoms with E-state index in [4.69, 9.17) is 9.15 Å². The van der Waals surface area contributed by atoms with E-state index in [-0.39, 0.29) is 0 Å². The Kier molecular flexibility index (Phi) is 3.55. The number of imidazole rings is 1. The van der Waals surface area contributed by atoms with Crippen LogP contribution in [0, 0.1) is 6.92 Å². The summed E-state index contributed by atoms with van der Waals surface area (Å²) in [6, 6.07) is 6.04. The summed E-state index contributed by atoms with van der Waals surface area (Å²) in [7, 11) is 1.66. The van der Waals surface area contributed by atoms with Gasteiger partial charge >= 0.3 is 0 Å². The molecule has 3 rings (SSSR count). The Bertz CT molecular complexity index is 758. The van der Waals surface area contributed by atoms with Crippen molar-refractivity contribution in [2.24, 2.45) is 0 Å². The Labute approximate surface area is 122 Å². The fourth-order valence-corrected chi connectivity index (χ4v) is 2.05. The van der Waals surface area contributed by atoms with Gasteiger partial charge in [0.15, 0.2) is 6.39 Å². The SMILES string of the molecule is COc1cc(C)cc(-c2cn(/C=C\c3cocn3)cn2)c1. The van der Waals surface area contributed by atoms with E-state index >= 15 is 0 Å². The molecule has 0 saturated heterocycles. The molecule has 0 aliphatic heterocycles. The zero-order valence-corrected chi connectivity index (χ0v) is 11.9. The van der Waals surface area contributed by atoms with Gasteiger partial charge < -0.3 is 13.7 Å². The molecular weight excluding hydrogens is 266 g/mol. The van der Waals surface area contributed by atoms with Gasteiger partial charge in [-0.05, 0) is 36.8 Å². The molecule has 0 N–H and O–H groups in total. The van der Waals surface area contributed by atoms with Crippen molar-refractivity contribution in [3.63, 3.8) is 0 Å². The van der Waals surface area contributed by atoms with Crippen LogP contribution in [0.15, 0.2) is 47.8 Å². The molecule has 106 valence electrons. The average Bonchev–Trinajstić information content (AvgIpc) is 3.15. The summed E-state index contributed by atoms with van der Waals surface area (Å²) in [6.45, 7) is 2.04. The molecule has 3 aromatic rings. The minimum Gasteiger partial charge on any atom is -0.497 e. The molecule has 21 heavy (non-hydrogen) atoms. The maximum Gasteiger partial charge on any atom is 0.181 e. The first-order chi connectivity index (χ1) is 10.2. The average molecular weight is 281 g/mol. The zero-order chi connectivity index (χ0) is 14.7. The lowest BCUT2D eigenvalue weighted by molar-refractivity contribution is 0.414. The molecule has 0 fully saturated rings. The van der Waals surface area contributed by atoms with Crippen molar-refractivity contribution >= 4 is 12.3 Å². The molecule has 2 heterocycles. The number of rotatable bonds is 4. The molecule has 0 amide bonds. The molecule has 2 aromatic heterocycles. The highest BCUT2D eigenvalue weighted by atomic mass is 16.5. The number of nitrogens with zero attached hydrogens (tertiary/aromatic N) is 3. The second kappa shape index (κ2) is 5.66. The topological polar surface area (TPSA) is 53.1 Å². The second-order valence-electron chi connectivity index (χ2n) is 4.67. The van der Waals surface area contributed by atoms with Crippen molar-refractivity contribution in [3.8, 4) is 17.0 Å². The van der Waals surface area contributed by atoms with Crippen LogP contribution in [0.2, 0.25) is 0 Å². The molecule has 0 bridgehead atoms. The van der Waals surface area contributed by atoms with E-state index in [1.807, 2.05) is 42.1 Å². The lowest BCUT2D eigenvalue weighted by Crippen LogP contribution is -1.86. The summed E-state index contributed by atoms with van der Waals surface area (Å²) in [5.41, 5.74) is 3.82. The molecule has 0 unspecified atom stereocenters. The standard InChI is InChI=1S/C16H15N3O2/c1-12-5-13(7-15(6-12)20-2)16-8-19(10-17-16)4-3-14-9-21-11-18-14/h3-11H,1-2H3/b4-3-. The van der Waals surface area contributed by atoms with Gasteiger partial charge in [-0.1, -0.05) is 0 Å². The molecule has 5 heteroatoms. The number of aromatic nitrogens is 3. The zero-order valence-electron chi connectivity index (χ0n) is 11.9. The third-order valence-electron chi connectivity index (χ3n) is 3.05. The van der Waals surface area contributed by atoms with Crippen LogP contribution in [0.3, 0.4) is 0 Å². The predicted molar refractivity (Wildman–Crippen MR) is 80.7 cm³/mol. The van der Waals surface area contributed by atoms with Gasteiger partial charge in [-0.25, -0.2) is 9.97 Å². The number of benzene rings is 1. The minimum absolute atomic E-state index is 0.766. The van der Waals surface area contributed by atoms with E-state index < -0.39 is 0 Å². The van der Waals surface area contributed by atoms with Crippen LogP contribution in [0.4, 0.5) is 0 Å². The normalized spacial score (nSPS) is 11.1. The van der Waals surface area contributed by atoms with Gasteiger partial charge in [-0.2, -0.15) is 0 Å². The molecule has 0 aliphatic carbocycles. The molecule has 0 aliphatic rings. The van der Waals surface area contributed by atoms with Gasteiger partial charge in [-0.15, -0.1) is 0 Å². The highest BCUT2D eigenvalue weighted by Gasteiger charge is 2.04. The van der Waals surface area contributed by atoms with Crippen molar-refractivity contribution in [2.45, 2.75) is 6.92 Å². The van der Waals surface area contributed by atoms with Gasteiger partial charge in [0.05, 0.1) is 19.1 Å². The smallest absolute Gasteiger partial charge is 0.181 e. The van der Waals surface area contributed by atoms with Gasteiger partial charge in [0.25, 0.3) is 0 Å². The third kappa shape index (κ3) is 3.02. The van der Waals surface area contributed by atoms with E-state index in [2.05, 4.69) is 16.0 Å². The van der Waals surface area contributed by atoms with Crippen LogP contribution in [0.5, 0.6) is 5.75 Å². The molecular formula is C16H15N3O2. The molecule has 0 spiro atoms. The van der Waals surface area contributed by atoms with Crippen LogP contribution < -0.4 is 4.74 Å². The van der Waals surface area contributed by atoms with Crippen molar-refractivity contribution in [2.75, 3.05) is 7.11 Å². The quantitative estimate of drug-likeness (QED) is 0.734. The van der Waals surface area contributed by atoms with Crippen LogP contribution >= 0.6 is 0 Å². The Balaban J connectivity index is 1.86. The van der Waals surface area contributed by atoms with Crippen molar-refractivity contribution < 1.29 is 9.15 Å². The summed E-state index contributed by atoms with van der Waals surface area (Å²) < 4.78 is 12.1. The van der Waals surface area contributed by atoms with Crippen molar-refractivity contribution in [3.05, 3.63) is 54.6 Å². The summed E-state index contributed by atoms with van der Waals surface area (Å²) in [5, 5.41) is 0. The monoisotopic (exact) mass is 281 g/mol. The first-order valence-corrected chi connectivity index (χ1v) is 6.50. The lowest BCUT2D eigenvalue weighted by Gasteiger charge is -2.04. The molecule has 1 aromatic carbocycles. The molecule has 0 saturated carbocycles. The molecule has 0 atom stereocenters. The largest absolute Gasteiger partial charge is 0.497 e. The Morgan fingerprint density at radius 3 is 2.90 bits per heavy atom. The van der Waals surface area contributed by atoms with Crippen LogP contribution in [-0.2, 0) is 0 Å². The van der Waals surface area contributed by atoms with Crippen molar-refractivity contribution in [1.82, 2.24) is 14.5 Å². The predicted octanol–water partition coefficient (Wildman–Crippen LogP) is 3.48. The Morgan fingerprint density at radius 2 is 2.14 bits per heavy atom. The fraction of sp³-hybridized carbons (Fsp3) is 0.125. The van der Waals surface area contributed by atoms with Gasteiger partial charge in [-0.3, -0.25) is 0 Å². The van der Waals surface area contributed by atoms with Crippen LogP contribution in [0.25, 0.3) is 23.5 Å².